The summed E-state index contributed by atoms with van der Waals surface area (Å²) in [5, 5.41) is 6.89. The molecule has 0 heterocycles. The fourth-order valence-corrected chi connectivity index (χ4v) is 0. The van der Waals surface area contributed by atoms with Crippen LogP contribution in [0, 0.1) is 0 Å². The molecule has 0 saturated heterocycles. The summed E-state index contributed by atoms with van der Waals surface area (Å²) in [6, 6.07) is 0. The van der Waals surface area contributed by atoms with Gasteiger partial charge in [0, 0.05) is 0 Å². The Morgan fingerprint density at radius 3 is 1.60 bits per heavy atom. The van der Waals surface area contributed by atoms with Crippen molar-refractivity contribution >= 4 is 6.47 Å². The molecular formula is CH2BrLiO2. The van der Waals surface area contributed by atoms with Gasteiger partial charge in [-0.15, -0.1) is 0 Å². The predicted molar refractivity (Wildman–Crippen MR) is 8.69 cm³/mol. The topological polar surface area (TPSA) is 37.3 Å². The Hall–Kier alpha value is 0.547. The van der Waals surface area contributed by atoms with E-state index in [0.717, 1.165) is 0 Å². The van der Waals surface area contributed by atoms with Crippen LogP contribution in [0.4, 0.5) is 0 Å². The van der Waals surface area contributed by atoms with Crippen LogP contribution in [-0.2, 0) is 4.79 Å². The summed E-state index contributed by atoms with van der Waals surface area (Å²) in [5.74, 6) is 0. The molecular weight excluding hydrogens is 131 g/mol. The maximum absolute atomic E-state index is 8.36. The third-order valence-corrected chi connectivity index (χ3v) is 0. The van der Waals surface area contributed by atoms with Crippen molar-refractivity contribution < 1.29 is 45.7 Å². The Morgan fingerprint density at radius 2 is 1.60 bits per heavy atom. The molecule has 1 N–H and O–H groups in total. The van der Waals surface area contributed by atoms with Gasteiger partial charge in [0.15, 0.2) is 0 Å². The van der Waals surface area contributed by atoms with E-state index in [-0.39, 0.29) is 42.3 Å². The molecule has 0 aliphatic heterocycles. The minimum absolute atomic E-state index is 0. The summed E-state index contributed by atoms with van der Waals surface area (Å²) >= 11 is 0. The third kappa shape index (κ3) is 98.5. The van der Waals surface area contributed by atoms with Crippen molar-refractivity contribution in [3.05, 3.63) is 0 Å². The van der Waals surface area contributed by atoms with E-state index in [2.05, 4.69) is 0 Å². The SMILES string of the molecule is O=CO.[Br-].[Li+]. The maximum atomic E-state index is 8.36. The van der Waals surface area contributed by atoms with E-state index >= 15 is 0 Å². The monoisotopic (exact) mass is 132 g/mol. The third-order valence-electron chi connectivity index (χ3n) is 0. The van der Waals surface area contributed by atoms with Gasteiger partial charge in [0.05, 0.1) is 0 Å². The number of halogens is 1. The van der Waals surface area contributed by atoms with Crippen molar-refractivity contribution in [3.63, 3.8) is 0 Å². The van der Waals surface area contributed by atoms with Gasteiger partial charge in [-0.25, -0.2) is 0 Å². The van der Waals surface area contributed by atoms with Crippen LogP contribution in [0.3, 0.4) is 0 Å². The Morgan fingerprint density at radius 1 is 1.60 bits per heavy atom. The van der Waals surface area contributed by atoms with E-state index in [1.54, 1.807) is 0 Å². The second-order valence-electron chi connectivity index (χ2n) is 0.105. The smallest absolute Gasteiger partial charge is 1.00 e. The average Bonchev–Trinajstić information content (AvgIpc) is 0.918. The zero-order valence-electron chi connectivity index (χ0n) is 2.81. The largest absolute Gasteiger partial charge is 1.00 e. The van der Waals surface area contributed by atoms with Crippen LogP contribution in [-0.4, -0.2) is 11.6 Å². The quantitative estimate of drug-likeness (QED) is 0.263. The summed E-state index contributed by atoms with van der Waals surface area (Å²) in [6.07, 6.45) is 0. The van der Waals surface area contributed by atoms with E-state index in [4.69, 9.17) is 9.90 Å². The van der Waals surface area contributed by atoms with Crippen molar-refractivity contribution in [2.24, 2.45) is 0 Å². The van der Waals surface area contributed by atoms with Crippen LogP contribution >= 0.6 is 0 Å². The molecule has 2 nitrogen and oxygen atoms in total. The second kappa shape index (κ2) is 23.9. The zero-order valence-corrected chi connectivity index (χ0v) is 4.40. The molecule has 0 aliphatic carbocycles. The Labute approximate surface area is 52.5 Å². The molecule has 0 aromatic rings. The first-order valence-corrected chi connectivity index (χ1v) is 0.494. The molecule has 26 valence electrons. The van der Waals surface area contributed by atoms with Crippen LogP contribution in [0.5, 0.6) is 0 Å². The van der Waals surface area contributed by atoms with Crippen molar-refractivity contribution in [1.82, 2.24) is 0 Å². The number of carbonyl (C=O) groups is 1. The molecule has 0 spiro atoms. The summed E-state index contributed by atoms with van der Waals surface area (Å²) in [5.41, 5.74) is 0. The fourth-order valence-electron chi connectivity index (χ4n) is 0. The van der Waals surface area contributed by atoms with Gasteiger partial charge < -0.3 is 22.1 Å². The zero-order chi connectivity index (χ0) is 2.71. The van der Waals surface area contributed by atoms with E-state index < -0.39 is 0 Å². The van der Waals surface area contributed by atoms with Gasteiger partial charge in [0.25, 0.3) is 6.47 Å². The van der Waals surface area contributed by atoms with Crippen molar-refractivity contribution in [2.75, 3.05) is 0 Å². The van der Waals surface area contributed by atoms with Crippen LogP contribution in [0.2, 0.25) is 0 Å². The number of carboxylic acid groups (broad SMARTS) is 1. The molecule has 0 bridgehead atoms. The van der Waals surface area contributed by atoms with Gasteiger partial charge in [0.2, 0.25) is 0 Å². The van der Waals surface area contributed by atoms with Crippen molar-refractivity contribution in [2.45, 2.75) is 0 Å². The van der Waals surface area contributed by atoms with E-state index in [0.29, 0.717) is 0 Å². The van der Waals surface area contributed by atoms with Gasteiger partial charge in [0.1, 0.15) is 0 Å². The van der Waals surface area contributed by atoms with Gasteiger partial charge in [-0.2, -0.15) is 0 Å². The summed E-state index contributed by atoms with van der Waals surface area (Å²) < 4.78 is 0. The second-order valence-corrected chi connectivity index (χ2v) is 0.105. The average molecular weight is 133 g/mol. The van der Waals surface area contributed by atoms with E-state index in [9.17, 15) is 0 Å². The molecule has 4 heteroatoms. The molecule has 0 atom stereocenters. The Bertz CT molecular complexity index is 17.1. The van der Waals surface area contributed by atoms with Crippen LogP contribution in [0.1, 0.15) is 0 Å². The van der Waals surface area contributed by atoms with Crippen molar-refractivity contribution in [1.29, 1.82) is 0 Å². The first kappa shape index (κ1) is 17.7. The molecule has 0 fully saturated rings. The minimum atomic E-state index is -0.250. The van der Waals surface area contributed by atoms with Gasteiger partial charge >= 0.3 is 18.9 Å². The van der Waals surface area contributed by atoms with E-state index in [1.165, 1.54) is 0 Å². The number of rotatable bonds is 0. The van der Waals surface area contributed by atoms with Gasteiger partial charge in [-0.1, -0.05) is 0 Å². The molecule has 0 radical (unpaired) electrons. The molecule has 0 unspecified atom stereocenters. The first-order chi connectivity index (χ1) is 1.41. The van der Waals surface area contributed by atoms with Gasteiger partial charge in [-0.3, -0.25) is 4.79 Å². The minimum Gasteiger partial charge on any atom is -1.00 e. The molecule has 0 saturated carbocycles. The standard InChI is InChI=1S/CH2O2.BrH.Li/c2-1-3;;/h1H,(H,2,3);1H;/q;;+1/p-1. The normalized spacial score (nSPS) is 2.40. The summed E-state index contributed by atoms with van der Waals surface area (Å²) in [6.45, 7) is -0.250. The molecule has 0 aromatic carbocycles. The molecule has 0 aliphatic rings. The molecule has 0 aromatic heterocycles. The summed E-state index contributed by atoms with van der Waals surface area (Å²) in [4.78, 5) is 8.36. The fraction of sp³-hybridized carbons (Fsp3) is 0. The summed E-state index contributed by atoms with van der Waals surface area (Å²) in [7, 11) is 0. The number of hydrogen-bond acceptors (Lipinski definition) is 1. The van der Waals surface area contributed by atoms with Crippen molar-refractivity contribution in [3.8, 4) is 0 Å². The maximum Gasteiger partial charge on any atom is 1.00 e. The molecule has 0 rings (SSSR count). The Balaban J connectivity index is -0.0000000200. The predicted octanol–water partition coefficient (Wildman–Crippen LogP) is -6.29. The molecule has 5 heavy (non-hydrogen) atoms. The first-order valence-electron chi connectivity index (χ1n) is 0.494. The van der Waals surface area contributed by atoms with Gasteiger partial charge in [-0.05, 0) is 0 Å². The molecule has 0 amide bonds. The Kier molecular flexibility index (Phi) is 84.5. The van der Waals surface area contributed by atoms with E-state index in [1.807, 2.05) is 0 Å². The van der Waals surface area contributed by atoms with Crippen LogP contribution in [0.25, 0.3) is 0 Å². The number of hydrogen-bond donors (Lipinski definition) is 1. The van der Waals surface area contributed by atoms with Crippen LogP contribution < -0.4 is 35.8 Å². The van der Waals surface area contributed by atoms with Crippen LogP contribution in [0.15, 0.2) is 0 Å².